The van der Waals surface area contributed by atoms with Crippen LogP contribution in [-0.2, 0) is 14.4 Å². The summed E-state index contributed by atoms with van der Waals surface area (Å²) in [5.74, 6) is -3.07. The summed E-state index contributed by atoms with van der Waals surface area (Å²) in [6.45, 7) is 5.03. The van der Waals surface area contributed by atoms with Crippen molar-refractivity contribution in [2.24, 2.45) is 0 Å². The molecule has 158 valence electrons. The molecule has 0 aromatic carbocycles. The average molecular weight is 453 g/mol. The summed E-state index contributed by atoms with van der Waals surface area (Å²) < 4.78 is 31.7. The fourth-order valence-corrected chi connectivity index (χ4v) is 2.91. The van der Waals surface area contributed by atoms with E-state index in [0.717, 1.165) is 16.1 Å². The van der Waals surface area contributed by atoms with Gasteiger partial charge in [-0.1, -0.05) is 29.9 Å². The Hall–Kier alpha value is -2.73. The molecule has 13 heteroatoms. The monoisotopic (exact) mass is 452 g/mol. The van der Waals surface area contributed by atoms with Crippen molar-refractivity contribution in [3.8, 4) is 10.4 Å². The number of rotatable bonds is 4. The maximum absolute atomic E-state index is 11.5. The second-order valence-electron chi connectivity index (χ2n) is 5.38. The highest BCUT2D eigenvalue weighted by Gasteiger charge is 2.38. The predicted molar refractivity (Wildman–Crippen MR) is 102 cm³/mol. The molecular weight excluding hydrogens is 437 g/mol. The molecule has 0 spiro atoms. The van der Waals surface area contributed by atoms with Crippen molar-refractivity contribution in [3.63, 3.8) is 0 Å². The van der Waals surface area contributed by atoms with E-state index in [1.54, 1.807) is 19.2 Å². The fourth-order valence-electron chi connectivity index (χ4n) is 1.77. The highest BCUT2D eigenvalue weighted by Crippen LogP contribution is 2.35. The Morgan fingerprint density at radius 3 is 2.34 bits per heavy atom. The van der Waals surface area contributed by atoms with E-state index in [9.17, 15) is 22.8 Å². The Labute approximate surface area is 172 Å². The van der Waals surface area contributed by atoms with Crippen molar-refractivity contribution in [2.45, 2.75) is 33.4 Å². The first-order valence-electron chi connectivity index (χ1n) is 7.86. The summed E-state index contributed by atoms with van der Waals surface area (Å²) in [4.78, 5) is 40.8. The van der Waals surface area contributed by atoms with E-state index in [-0.39, 0.29) is 17.0 Å². The molecule has 3 N–H and O–H groups in total. The van der Waals surface area contributed by atoms with E-state index in [0.29, 0.717) is 17.2 Å². The minimum atomic E-state index is -5.08. The molecular formula is C16H16ClF3N4O4S. The van der Waals surface area contributed by atoms with Gasteiger partial charge in [0, 0.05) is 25.1 Å². The van der Waals surface area contributed by atoms with E-state index in [1.807, 2.05) is 6.92 Å². The minimum absolute atomic E-state index is 0.138. The molecule has 0 bridgehead atoms. The van der Waals surface area contributed by atoms with E-state index < -0.39 is 12.1 Å². The molecule has 0 atom stereocenters. The van der Waals surface area contributed by atoms with Gasteiger partial charge in [-0.3, -0.25) is 9.59 Å². The average Bonchev–Trinajstić information content (AvgIpc) is 2.95. The molecule has 2 heterocycles. The number of hydrogen-bond acceptors (Lipinski definition) is 6. The molecule has 2 rings (SSSR count). The molecule has 0 saturated heterocycles. The summed E-state index contributed by atoms with van der Waals surface area (Å²) in [7, 11) is 0. The number of anilines is 2. The van der Waals surface area contributed by atoms with Gasteiger partial charge in [-0.15, -0.1) is 0 Å². The molecule has 8 nitrogen and oxygen atoms in total. The number of carbonyl (C=O) groups excluding carboxylic acids is 2. The number of pyridine rings is 1. The number of hydrogen-bond donors (Lipinski definition) is 3. The van der Waals surface area contributed by atoms with E-state index >= 15 is 0 Å². The van der Waals surface area contributed by atoms with Crippen LogP contribution in [0.3, 0.4) is 0 Å². The topological polar surface area (TPSA) is 121 Å². The van der Waals surface area contributed by atoms with Gasteiger partial charge in [0.1, 0.15) is 0 Å². The minimum Gasteiger partial charge on any atom is -0.475 e. The number of aryl methyl sites for hydroxylation is 1. The number of alkyl halides is 3. The molecule has 2 aromatic heterocycles. The first kappa shape index (κ1) is 24.3. The van der Waals surface area contributed by atoms with Crippen molar-refractivity contribution < 1.29 is 32.7 Å². The van der Waals surface area contributed by atoms with Gasteiger partial charge in [-0.2, -0.15) is 13.2 Å². The van der Waals surface area contributed by atoms with Gasteiger partial charge in [0.15, 0.2) is 10.3 Å². The van der Waals surface area contributed by atoms with Gasteiger partial charge in [0.25, 0.3) is 0 Å². The Morgan fingerprint density at radius 1 is 1.28 bits per heavy atom. The smallest absolute Gasteiger partial charge is 0.475 e. The third-order valence-corrected chi connectivity index (χ3v) is 4.44. The van der Waals surface area contributed by atoms with Crippen molar-refractivity contribution >= 4 is 51.5 Å². The Morgan fingerprint density at radius 2 is 1.86 bits per heavy atom. The molecule has 0 saturated carbocycles. The lowest BCUT2D eigenvalue weighted by Gasteiger charge is -2.07. The maximum Gasteiger partial charge on any atom is 0.490 e. The lowest BCUT2D eigenvalue weighted by molar-refractivity contribution is -0.192. The van der Waals surface area contributed by atoms with Crippen LogP contribution in [0.1, 0.15) is 26.0 Å². The van der Waals surface area contributed by atoms with Crippen LogP contribution in [0.5, 0.6) is 0 Å². The summed E-state index contributed by atoms with van der Waals surface area (Å²) in [5, 5.41) is 13.2. The zero-order valence-corrected chi connectivity index (χ0v) is 16.9. The zero-order valence-electron chi connectivity index (χ0n) is 15.3. The molecule has 0 unspecified atom stereocenters. The van der Waals surface area contributed by atoms with E-state index in [1.165, 1.54) is 18.3 Å². The number of amides is 2. The van der Waals surface area contributed by atoms with Crippen LogP contribution < -0.4 is 10.6 Å². The van der Waals surface area contributed by atoms with E-state index in [4.69, 9.17) is 21.5 Å². The van der Waals surface area contributed by atoms with Crippen LogP contribution in [0.15, 0.2) is 12.3 Å². The van der Waals surface area contributed by atoms with Gasteiger partial charge < -0.3 is 15.7 Å². The summed E-state index contributed by atoms with van der Waals surface area (Å²) in [6.07, 6.45) is -3.12. The van der Waals surface area contributed by atoms with Gasteiger partial charge >= 0.3 is 12.1 Å². The molecule has 0 aliphatic carbocycles. The second-order valence-corrected chi connectivity index (χ2v) is 6.74. The zero-order chi connectivity index (χ0) is 22.4. The highest BCUT2D eigenvalue weighted by molar-refractivity contribution is 7.19. The maximum atomic E-state index is 11.5. The first-order valence-corrected chi connectivity index (χ1v) is 9.05. The van der Waals surface area contributed by atoms with Crippen LogP contribution in [0.25, 0.3) is 10.4 Å². The van der Waals surface area contributed by atoms with E-state index in [2.05, 4.69) is 20.6 Å². The number of halogens is 4. The van der Waals surface area contributed by atoms with Gasteiger partial charge in [-0.05, 0) is 13.0 Å². The van der Waals surface area contributed by atoms with Crippen molar-refractivity contribution in [2.75, 3.05) is 10.6 Å². The lowest BCUT2D eigenvalue weighted by atomic mass is 10.2. The van der Waals surface area contributed by atoms with Crippen LogP contribution in [0.2, 0.25) is 5.15 Å². The molecule has 0 radical (unpaired) electrons. The van der Waals surface area contributed by atoms with Crippen LogP contribution in [0.4, 0.5) is 24.0 Å². The van der Waals surface area contributed by atoms with Gasteiger partial charge in [0.05, 0.1) is 16.3 Å². The number of thiazole rings is 1. The summed E-state index contributed by atoms with van der Waals surface area (Å²) in [6, 6.07) is 1.75. The first-order chi connectivity index (χ1) is 13.3. The van der Waals surface area contributed by atoms with Gasteiger partial charge in [0.2, 0.25) is 11.8 Å². The molecule has 0 aliphatic rings. The van der Waals surface area contributed by atoms with Crippen molar-refractivity contribution in [1.29, 1.82) is 0 Å². The highest BCUT2D eigenvalue weighted by atomic mass is 35.5. The number of carboxylic acids is 1. The SMILES string of the molecule is CCC(=O)Nc1cc(-c2sc(NC(C)=O)nc2C)cnc1Cl.O=C(O)C(F)(F)F. The largest absolute Gasteiger partial charge is 0.490 e. The molecule has 0 fully saturated rings. The summed E-state index contributed by atoms with van der Waals surface area (Å²) >= 11 is 7.34. The molecule has 0 aliphatic heterocycles. The standard InChI is InChI=1S/C14H15ClN4O2S.C2HF3O2/c1-4-11(21)19-10-5-9(6-16-13(10)15)12-7(2)17-14(22-12)18-8(3)20;3-2(4,5)1(6)7/h5-6H,4H2,1-3H3,(H,19,21)(H,17,18,20);(H,6,7). The van der Waals surface area contributed by atoms with Crippen LogP contribution >= 0.6 is 22.9 Å². The number of carboxylic acid groups (broad SMARTS) is 1. The molecule has 29 heavy (non-hydrogen) atoms. The second kappa shape index (κ2) is 10.2. The number of aromatic nitrogens is 2. The Balaban J connectivity index is 0.000000516. The van der Waals surface area contributed by atoms with Gasteiger partial charge in [-0.25, -0.2) is 14.8 Å². The third kappa shape index (κ3) is 7.66. The number of aliphatic carboxylic acids is 1. The summed E-state index contributed by atoms with van der Waals surface area (Å²) in [5.41, 5.74) is 2.01. The number of nitrogens with one attached hydrogen (secondary N) is 2. The predicted octanol–water partition coefficient (Wildman–Crippen LogP) is 4.11. The van der Waals surface area contributed by atoms with Crippen LogP contribution in [0, 0.1) is 6.92 Å². The number of carbonyl (C=O) groups is 3. The Bertz CT molecular complexity index is 918. The molecule has 2 aromatic rings. The third-order valence-electron chi connectivity index (χ3n) is 3.02. The van der Waals surface area contributed by atoms with Crippen LogP contribution in [-0.4, -0.2) is 39.0 Å². The van der Waals surface area contributed by atoms with Crippen molar-refractivity contribution in [1.82, 2.24) is 9.97 Å². The fraction of sp³-hybridized carbons (Fsp3) is 0.312. The Kier molecular flexibility index (Phi) is 8.52. The normalized spacial score (nSPS) is 10.6. The molecule has 2 amide bonds. The quantitative estimate of drug-likeness (QED) is 0.600. The number of nitrogens with zero attached hydrogens (tertiary/aromatic N) is 2. The lowest BCUT2D eigenvalue weighted by Crippen LogP contribution is -2.21. The van der Waals surface area contributed by atoms with Crippen molar-refractivity contribution in [3.05, 3.63) is 23.1 Å².